The Morgan fingerprint density at radius 3 is 2.56 bits per heavy atom. The Kier molecular flexibility index (Phi) is 4.77. The van der Waals surface area contributed by atoms with Crippen molar-refractivity contribution in [2.24, 2.45) is 11.7 Å². The van der Waals surface area contributed by atoms with E-state index in [0.717, 1.165) is 19.6 Å². The molecule has 0 radical (unpaired) electrons. The van der Waals surface area contributed by atoms with E-state index in [1.807, 2.05) is 0 Å². The zero-order valence-electron chi connectivity index (χ0n) is 11.5. The zero-order valence-corrected chi connectivity index (χ0v) is 11.5. The molecule has 0 saturated carbocycles. The van der Waals surface area contributed by atoms with E-state index < -0.39 is 0 Å². The highest BCUT2D eigenvalue weighted by Gasteiger charge is 2.40. The van der Waals surface area contributed by atoms with Gasteiger partial charge in [0, 0.05) is 24.7 Å². The summed E-state index contributed by atoms with van der Waals surface area (Å²) in [4.78, 5) is 2.58. The second kappa shape index (κ2) is 5.48. The van der Waals surface area contributed by atoms with Crippen LogP contribution in [-0.4, -0.2) is 42.3 Å². The van der Waals surface area contributed by atoms with E-state index in [4.69, 9.17) is 10.5 Å². The van der Waals surface area contributed by atoms with E-state index in [-0.39, 0.29) is 5.54 Å². The summed E-state index contributed by atoms with van der Waals surface area (Å²) in [7, 11) is 0. The van der Waals surface area contributed by atoms with E-state index in [1.165, 1.54) is 0 Å². The first kappa shape index (κ1) is 13.9. The minimum atomic E-state index is 0.0959. The van der Waals surface area contributed by atoms with Gasteiger partial charge >= 0.3 is 0 Å². The van der Waals surface area contributed by atoms with E-state index >= 15 is 0 Å². The molecule has 1 fully saturated rings. The quantitative estimate of drug-likeness (QED) is 0.798. The van der Waals surface area contributed by atoms with Crippen LogP contribution in [-0.2, 0) is 4.74 Å². The van der Waals surface area contributed by atoms with Crippen molar-refractivity contribution < 1.29 is 4.74 Å². The summed E-state index contributed by atoms with van der Waals surface area (Å²) in [5.41, 5.74) is 6.11. The summed E-state index contributed by atoms with van der Waals surface area (Å²) in [6, 6.07) is 0.521. The molecule has 1 saturated heterocycles. The third kappa shape index (κ3) is 2.58. The maximum Gasteiger partial charge on any atom is 0.0675 e. The second-order valence-corrected chi connectivity index (χ2v) is 5.57. The van der Waals surface area contributed by atoms with Gasteiger partial charge < -0.3 is 10.5 Å². The maximum absolute atomic E-state index is 6.02. The van der Waals surface area contributed by atoms with Gasteiger partial charge in [-0.3, -0.25) is 4.90 Å². The molecule has 1 rings (SSSR count). The van der Waals surface area contributed by atoms with E-state index in [0.29, 0.717) is 24.6 Å². The van der Waals surface area contributed by atoms with Crippen molar-refractivity contribution in [1.82, 2.24) is 4.90 Å². The zero-order chi connectivity index (χ0) is 12.3. The van der Waals surface area contributed by atoms with Crippen LogP contribution in [0.15, 0.2) is 0 Å². The second-order valence-electron chi connectivity index (χ2n) is 5.57. The van der Waals surface area contributed by atoms with Gasteiger partial charge in [0.15, 0.2) is 0 Å². The predicted molar refractivity (Wildman–Crippen MR) is 68.5 cm³/mol. The van der Waals surface area contributed by atoms with Crippen LogP contribution in [0.2, 0.25) is 0 Å². The van der Waals surface area contributed by atoms with Gasteiger partial charge in [0.1, 0.15) is 0 Å². The fourth-order valence-electron chi connectivity index (χ4n) is 2.49. The lowest BCUT2D eigenvalue weighted by Crippen LogP contribution is -2.63. The summed E-state index contributed by atoms with van der Waals surface area (Å²) < 4.78 is 5.75. The monoisotopic (exact) mass is 228 g/mol. The summed E-state index contributed by atoms with van der Waals surface area (Å²) in [5, 5.41) is 0. The molecule has 96 valence electrons. The van der Waals surface area contributed by atoms with Crippen molar-refractivity contribution >= 4 is 0 Å². The summed E-state index contributed by atoms with van der Waals surface area (Å²) in [5.74, 6) is 0.567. The van der Waals surface area contributed by atoms with Crippen LogP contribution >= 0.6 is 0 Å². The van der Waals surface area contributed by atoms with Crippen LogP contribution in [0.5, 0.6) is 0 Å². The molecule has 3 unspecified atom stereocenters. The minimum absolute atomic E-state index is 0.0959. The Morgan fingerprint density at radius 1 is 1.50 bits per heavy atom. The normalized spacial score (nSPS) is 31.7. The van der Waals surface area contributed by atoms with Gasteiger partial charge in [-0.1, -0.05) is 20.8 Å². The third-order valence-electron chi connectivity index (χ3n) is 4.25. The Morgan fingerprint density at radius 2 is 2.12 bits per heavy atom. The van der Waals surface area contributed by atoms with Crippen LogP contribution in [0.3, 0.4) is 0 Å². The van der Waals surface area contributed by atoms with Crippen LogP contribution in [0, 0.1) is 5.92 Å². The number of nitrogens with two attached hydrogens (primary N) is 1. The van der Waals surface area contributed by atoms with Crippen molar-refractivity contribution in [3.8, 4) is 0 Å². The Balaban J connectivity index is 2.87. The highest BCUT2D eigenvalue weighted by Crippen LogP contribution is 2.29. The Labute approximate surface area is 100 Å². The van der Waals surface area contributed by atoms with Gasteiger partial charge in [-0.05, 0) is 26.2 Å². The molecule has 0 aliphatic carbocycles. The number of ether oxygens (including phenoxy) is 1. The summed E-state index contributed by atoms with van der Waals surface area (Å²) in [6.07, 6.45) is 1.46. The fraction of sp³-hybridized carbons (Fsp3) is 1.00. The highest BCUT2D eigenvalue weighted by atomic mass is 16.5. The molecule has 0 amide bonds. The maximum atomic E-state index is 6.02. The lowest BCUT2D eigenvalue weighted by molar-refractivity contribution is -0.105. The molecule has 3 atom stereocenters. The molecule has 1 aliphatic rings. The standard InChI is InChI=1S/C13H28N2O/c1-6-12-8-16-11(4)7-15(12)13(5,9-14)10(2)3/h10-12H,6-9,14H2,1-5H3. The first-order chi connectivity index (χ1) is 7.45. The first-order valence-electron chi connectivity index (χ1n) is 6.54. The SMILES string of the molecule is CCC1COC(C)CN1C(C)(CN)C(C)C. The van der Waals surface area contributed by atoms with Crippen molar-refractivity contribution in [3.05, 3.63) is 0 Å². The van der Waals surface area contributed by atoms with Crippen molar-refractivity contribution in [2.45, 2.75) is 58.7 Å². The van der Waals surface area contributed by atoms with Gasteiger partial charge in [0.05, 0.1) is 12.7 Å². The van der Waals surface area contributed by atoms with E-state index in [2.05, 4.69) is 39.5 Å². The summed E-state index contributed by atoms with van der Waals surface area (Å²) >= 11 is 0. The third-order valence-corrected chi connectivity index (χ3v) is 4.25. The molecule has 0 bridgehead atoms. The van der Waals surface area contributed by atoms with Crippen molar-refractivity contribution in [1.29, 1.82) is 0 Å². The lowest BCUT2D eigenvalue weighted by atomic mass is 9.84. The molecule has 0 aromatic heterocycles. The van der Waals surface area contributed by atoms with Crippen molar-refractivity contribution in [3.63, 3.8) is 0 Å². The van der Waals surface area contributed by atoms with Gasteiger partial charge in [-0.2, -0.15) is 0 Å². The molecule has 0 aromatic rings. The molecule has 2 N–H and O–H groups in total. The lowest BCUT2D eigenvalue weighted by Gasteiger charge is -2.51. The molecule has 3 heteroatoms. The number of hydrogen-bond donors (Lipinski definition) is 1. The molecule has 0 aromatic carbocycles. The number of rotatable bonds is 4. The van der Waals surface area contributed by atoms with Gasteiger partial charge in [-0.25, -0.2) is 0 Å². The molecule has 3 nitrogen and oxygen atoms in total. The largest absolute Gasteiger partial charge is 0.376 e. The molecule has 1 heterocycles. The average Bonchev–Trinajstić information content (AvgIpc) is 2.27. The molecule has 1 aliphatic heterocycles. The number of morpholine rings is 1. The molecule has 0 spiro atoms. The first-order valence-corrected chi connectivity index (χ1v) is 6.54. The average molecular weight is 228 g/mol. The minimum Gasteiger partial charge on any atom is -0.376 e. The predicted octanol–water partition coefficient (Wildman–Crippen LogP) is 1.86. The Hall–Kier alpha value is -0.120. The fourth-order valence-corrected chi connectivity index (χ4v) is 2.49. The highest BCUT2D eigenvalue weighted by molar-refractivity contribution is 4.95. The number of nitrogens with zero attached hydrogens (tertiary/aromatic N) is 1. The smallest absolute Gasteiger partial charge is 0.0675 e. The topological polar surface area (TPSA) is 38.5 Å². The summed E-state index contributed by atoms with van der Waals surface area (Å²) in [6.45, 7) is 13.8. The van der Waals surface area contributed by atoms with E-state index in [9.17, 15) is 0 Å². The Bertz CT molecular complexity index is 220. The van der Waals surface area contributed by atoms with Crippen LogP contribution in [0.25, 0.3) is 0 Å². The van der Waals surface area contributed by atoms with Gasteiger partial charge in [0.25, 0.3) is 0 Å². The van der Waals surface area contributed by atoms with Crippen LogP contribution in [0.4, 0.5) is 0 Å². The molecular weight excluding hydrogens is 200 g/mol. The van der Waals surface area contributed by atoms with Crippen LogP contribution < -0.4 is 5.73 Å². The molecular formula is C13H28N2O. The number of hydrogen-bond acceptors (Lipinski definition) is 3. The molecule has 16 heavy (non-hydrogen) atoms. The van der Waals surface area contributed by atoms with Gasteiger partial charge in [-0.15, -0.1) is 0 Å². The van der Waals surface area contributed by atoms with Gasteiger partial charge in [0.2, 0.25) is 0 Å². The van der Waals surface area contributed by atoms with E-state index in [1.54, 1.807) is 0 Å². The van der Waals surface area contributed by atoms with Crippen LogP contribution in [0.1, 0.15) is 41.0 Å². The van der Waals surface area contributed by atoms with Crippen molar-refractivity contribution in [2.75, 3.05) is 19.7 Å².